The van der Waals surface area contributed by atoms with Crippen LogP contribution >= 0.6 is 0 Å². The highest BCUT2D eigenvalue weighted by molar-refractivity contribution is 5.63. The Bertz CT molecular complexity index is 810. The van der Waals surface area contributed by atoms with Gasteiger partial charge in [-0.25, -0.2) is 4.98 Å². The molecule has 1 aromatic carbocycles. The van der Waals surface area contributed by atoms with Crippen LogP contribution < -0.4 is 5.32 Å². The molecule has 3 N–H and O–H groups in total. The van der Waals surface area contributed by atoms with Crippen molar-refractivity contribution >= 4 is 17.6 Å². The second kappa shape index (κ2) is 7.37. The average Bonchev–Trinajstić information content (AvgIpc) is 2.97. The van der Waals surface area contributed by atoms with E-state index in [1.165, 1.54) is 0 Å². The van der Waals surface area contributed by atoms with Gasteiger partial charge in [0, 0.05) is 31.9 Å². The summed E-state index contributed by atoms with van der Waals surface area (Å²) in [7, 11) is 1.83. The summed E-state index contributed by atoms with van der Waals surface area (Å²) >= 11 is 0. The highest BCUT2D eigenvalue weighted by Gasteiger charge is 2.06. The van der Waals surface area contributed by atoms with Crippen LogP contribution in [0.15, 0.2) is 42.7 Å². The zero-order chi connectivity index (χ0) is 16.8. The smallest absolute Gasteiger partial charge is 0.300 e. The van der Waals surface area contributed by atoms with Crippen LogP contribution in [0, 0.1) is 0 Å². The summed E-state index contributed by atoms with van der Waals surface area (Å²) in [6.07, 6.45) is 3.85. The SMILES string of the molecule is CC(=O)O.CNc1ccn2cc(-c3cccc(CO)c3)nc2n1. The van der Waals surface area contributed by atoms with Crippen molar-refractivity contribution in [3.05, 3.63) is 48.3 Å². The zero-order valence-corrected chi connectivity index (χ0v) is 12.9. The molecule has 0 spiro atoms. The first kappa shape index (κ1) is 16.4. The van der Waals surface area contributed by atoms with Crippen molar-refractivity contribution in [1.29, 1.82) is 0 Å². The fourth-order valence-corrected chi connectivity index (χ4v) is 1.98. The van der Waals surface area contributed by atoms with Crippen LogP contribution in [0.2, 0.25) is 0 Å². The molecule has 0 fully saturated rings. The monoisotopic (exact) mass is 314 g/mol. The van der Waals surface area contributed by atoms with Crippen molar-refractivity contribution in [2.24, 2.45) is 0 Å². The van der Waals surface area contributed by atoms with Gasteiger partial charge < -0.3 is 15.5 Å². The number of benzene rings is 1. The summed E-state index contributed by atoms with van der Waals surface area (Å²) in [5, 5.41) is 19.6. The number of hydrogen-bond donors (Lipinski definition) is 3. The largest absolute Gasteiger partial charge is 0.481 e. The number of imidazole rings is 1. The molecule has 0 unspecified atom stereocenters. The van der Waals surface area contributed by atoms with Crippen LogP contribution in [0.3, 0.4) is 0 Å². The Hall–Kier alpha value is -2.93. The standard InChI is InChI=1S/C14H14N4O.C2H4O2/c1-15-13-5-6-18-8-12(16-14(18)17-13)11-4-2-3-10(7-11)9-19;1-2(3)4/h2-8,19H,9H2,1H3,(H,15,16,17);1H3,(H,3,4). The number of aliphatic hydroxyl groups is 1. The Labute approximate surface area is 133 Å². The normalized spacial score (nSPS) is 10.0. The first-order valence-electron chi connectivity index (χ1n) is 6.96. The number of aliphatic carboxylic acids is 1. The summed E-state index contributed by atoms with van der Waals surface area (Å²) in [5.74, 6) is 0.602. The number of fused-ring (bicyclic) bond motifs is 1. The molecule has 3 aromatic rings. The maximum atomic E-state index is 9.17. The van der Waals surface area contributed by atoms with Crippen molar-refractivity contribution in [2.45, 2.75) is 13.5 Å². The number of aliphatic hydroxyl groups excluding tert-OH is 1. The Kier molecular flexibility index (Phi) is 5.27. The van der Waals surface area contributed by atoms with E-state index in [4.69, 9.17) is 9.90 Å². The van der Waals surface area contributed by atoms with Crippen LogP contribution in [0.1, 0.15) is 12.5 Å². The molecule has 0 atom stereocenters. The minimum atomic E-state index is -0.833. The van der Waals surface area contributed by atoms with Gasteiger partial charge in [0.2, 0.25) is 5.78 Å². The second-order valence-electron chi connectivity index (χ2n) is 4.77. The van der Waals surface area contributed by atoms with Crippen molar-refractivity contribution < 1.29 is 15.0 Å². The minimum Gasteiger partial charge on any atom is -0.481 e. The molecule has 7 heteroatoms. The molecule has 0 bridgehead atoms. The number of rotatable bonds is 3. The van der Waals surface area contributed by atoms with Gasteiger partial charge in [-0.15, -0.1) is 0 Å². The molecule has 2 heterocycles. The summed E-state index contributed by atoms with van der Waals surface area (Å²) in [4.78, 5) is 17.9. The van der Waals surface area contributed by atoms with Crippen molar-refractivity contribution in [3.63, 3.8) is 0 Å². The molecule has 7 nitrogen and oxygen atoms in total. The number of nitrogens with zero attached hydrogens (tertiary/aromatic N) is 3. The van der Waals surface area contributed by atoms with Gasteiger partial charge in [0.05, 0.1) is 12.3 Å². The number of carbonyl (C=O) groups is 1. The summed E-state index contributed by atoms with van der Waals surface area (Å²) < 4.78 is 1.88. The lowest BCUT2D eigenvalue weighted by atomic mass is 10.1. The van der Waals surface area contributed by atoms with Crippen LogP contribution in [0.5, 0.6) is 0 Å². The molecule has 0 aliphatic heterocycles. The van der Waals surface area contributed by atoms with Crippen LogP contribution in [-0.4, -0.2) is 37.6 Å². The highest BCUT2D eigenvalue weighted by Crippen LogP contribution is 2.20. The van der Waals surface area contributed by atoms with E-state index < -0.39 is 5.97 Å². The Morgan fingerprint density at radius 1 is 1.30 bits per heavy atom. The fraction of sp³-hybridized carbons (Fsp3) is 0.188. The van der Waals surface area contributed by atoms with Crippen molar-refractivity contribution in [2.75, 3.05) is 12.4 Å². The molecule has 2 aromatic heterocycles. The van der Waals surface area contributed by atoms with Crippen molar-refractivity contribution in [1.82, 2.24) is 14.4 Å². The maximum absolute atomic E-state index is 9.17. The number of carboxylic acids is 1. The maximum Gasteiger partial charge on any atom is 0.300 e. The number of anilines is 1. The molecule has 0 saturated carbocycles. The Morgan fingerprint density at radius 3 is 2.70 bits per heavy atom. The minimum absolute atomic E-state index is 0.0311. The van der Waals surface area contributed by atoms with E-state index >= 15 is 0 Å². The van der Waals surface area contributed by atoms with E-state index in [1.807, 2.05) is 54.2 Å². The second-order valence-corrected chi connectivity index (χ2v) is 4.77. The first-order valence-corrected chi connectivity index (χ1v) is 6.96. The predicted molar refractivity (Wildman–Crippen MR) is 87.2 cm³/mol. The molecule has 23 heavy (non-hydrogen) atoms. The third kappa shape index (κ3) is 4.27. The van der Waals surface area contributed by atoms with Crippen LogP contribution in [0.25, 0.3) is 17.0 Å². The Morgan fingerprint density at radius 2 is 2.04 bits per heavy atom. The van der Waals surface area contributed by atoms with E-state index in [9.17, 15) is 5.11 Å². The van der Waals surface area contributed by atoms with E-state index in [-0.39, 0.29) is 6.61 Å². The molecule has 0 aliphatic rings. The molecule has 3 rings (SSSR count). The average molecular weight is 314 g/mol. The first-order chi connectivity index (χ1) is 11.0. The van der Waals surface area contributed by atoms with Crippen LogP contribution in [0.4, 0.5) is 5.82 Å². The van der Waals surface area contributed by atoms with E-state index in [0.29, 0.717) is 5.78 Å². The lowest BCUT2D eigenvalue weighted by Gasteiger charge is -1.99. The third-order valence-corrected chi connectivity index (χ3v) is 2.99. The quantitative estimate of drug-likeness (QED) is 0.684. The lowest BCUT2D eigenvalue weighted by molar-refractivity contribution is -0.134. The highest BCUT2D eigenvalue weighted by atomic mass is 16.4. The number of carboxylic acid groups (broad SMARTS) is 1. The topological polar surface area (TPSA) is 99.8 Å². The van der Waals surface area contributed by atoms with Gasteiger partial charge in [0.1, 0.15) is 5.82 Å². The Balaban J connectivity index is 0.000000433. The van der Waals surface area contributed by atoms with E-state index in [0.717, 1.165) is 29.6 Å². The number of aromatic nitrogens is 3. The van der Waals surface area contributed by atoms with Gasteiger partial charge in [-0.05, 0) is 17.7 Å². The van der Waals surface area contributed by atoms with Gasteiger partial charge in [0.15, 0.2) is 0 Å². The van der Waals surface area contributed by atoms with Crippen molar-refractivity contribution in [3.8, 4) is 11.3 Å². The molecule has 0 saturated heterocycles. The third-order valence-electron chi connectivity index (χ3n) is 2.99. The van der Waals surface area contributed by atoms with Gasteiger partial charge in [-0.2, -0.15) is 4.98 Å². The van der Waals surface area contributed by atoms with E-state index in [1.54, 1.807) is 0 Å². The number of hydrogen-bond acceptors (Lipinski definition) is 5. The molecular weight excluding hydrogens is 296 g/mol. The molecular formula is C16H18N4O3. The summed E-state index contributed by atoms with van der Waals surface area (Å²) in [6.45, 7) is 1.11. The van der Waals surface area contributed by atoms with Gasteiger partial charge >= 0.3 is 0 Å². The van der Waals surface area contributed by atoms with Gasteiger partial charge in [-0.1, -0.05) is 18.2 Å². The van der Waals surface area contributed by atoms with Crippen LogP contribution in [-0.2, 0) is 11.4 Å². The summed E-state index contributed by atoms with van der Waals surface area (Å²) in [6, 6.07) is 9.59. The lowest BCUT2D eigenvalue weighted by Crippen LogP contribution is -1.94. The molecule has 0 radical (unpaired) electrons. The predicted octanol–water partition coefficient (Wildman–Crippen LogP) is 2.02. The molecule has 120 valence electrons. The van der Waals surface area contributed by atoms with Gasteiger partial charge in [-0.3, -0.25) is 9.20 Å². The zero-order valence-electron chi connectivity index (χ0n) is 12.9. The number of nitrogens with one attached hydrogen (secondary N) is 1. The molecule has 0 amide bonds. The molecule has 0 aliphatic carbocycles. The van der Waals surface area contributed by atoms with E-state index in [2.05, 4.69) is 15.3 Å². The fourth-order valence-electron chi connectivity index (χ4n) is 1.98. The van der Waals surface area contributed by atoms with Gasteiger partial charge in [0.25, 0.3) is 5.97 Å². The summed E-state index contributed by atoms with van der Waals surface area (Å²) in [5.41, 5.74) is 2.69.